The van der Waals surface area contributed by atoms with Crippen LogP contribution in [0.1, 0.15) is 17.7 Å². The summed E-state index contributed by atoms with van der Waals surface area (Å²) >= 11 is 0. The first-order valence-electron chi connectivity index (χ1n) is 5.14. The maximum Gasteiger partial charge on any atom is 0.308 e. The summed E-state index contributed by atoms with van der Waals surface area (Å²) in [5.74, 6) is -0.477. The first kappa shape index (κ1) is 10.7. The van der Waals surface area contributed by atoms with Gasteiger partial charge in [0, 0.05) is 18.7 Å². The number of aryl methyl sites for hydroxylation is 1. The quantitative estimate of drug-likeness (QED) is 0.748. The molecule has 1 aliphatic heterocycles. The number of H-pyrrole nitrogens is 1. The highest BCUT2D eigenvalue weighted by atomic mass is 16.4. The van der Waals surface area contributed by atoms with Crippen LogP contribution in [0.2, 0.25) is 0 Å². The van der Waals surface area contributed by atoms with E-state index in [0.717, 1.165) is 19.5 Å². The molecule has 2 N–H and O–H groups in total. The number of nitrogens with one attached hydrogen (secondary N) is 1. The van der Waals surface area contributed by atoms with E-state index in [1.807, 2.05) is 4.90 Å². The molecule has 1 saturated heterocycles. The van der Waals surface area contributed by atoms with Gasteiger partial charge >= 0.3 is 5.97 Å². The summed E-state index contributed by atoms with van der Waals surface area (Å²) in [4.78, 5) is 31.0. The molecule has 0 amide bonds. The van der Waals surface area contributed by atoms with Crippen LogP contribution in [0.3, 0.4) is 0 Å². The lowest BCUT2D eigenvalue weighted by atomic mass is 10.1. The number of anilines is 1. The van der Waals surface area contributed by atoms with Crippen LogP contribution < -0.4 is 10.5 Å². The topological polar surface area (TPSA) is 86.3 Å². The van der Waals surface area contributed by atoms with Crippen LogP contribution in [0, 0.1) is 6.92 Å². The molecule has 86 valence electrons. The van der Waals surface area contributed by atoms with E-state index in [2.05, 4.69) is 9.97 Å². The van der Waals surface area contributed by atoms with Gasteiger partial charge in [-0.05, 0) is 13.3 Å². The van der Waals surface area contributed by atoms with Gasteiger partial charge in [0.15, 0.2) is 0 Å². The predicted octanol–water partition coefficient (Wildman–Crippen LogP) is -0.0845. The first-order valence-corrected chi connectivity index (χ1v) is 5.14. The number of carboxylic acids is 1. The Labute approximate surface area is 91.9 Å². The zero-order chi connectivity index (χ0) is 11.7. The summed E-state index contributed by atoms with van der Waals surface area (Å²) < 4.78 is 0. The van der Waals surface area contributed by atoms with E-state index in [1.54, 1.807) is 6.92 Å². The van der Waals surface area contributed by atoms with E-state index in [0.29, 0.717) is 11.6 Å². The summed E-state index contributed by atoms with van der Waals surface area (Å²) in [6, 6.07) is 0. The average molecular weight is 223 g/mol. The Balaban J connectivity index is 2.34. The maximum absolute atomic E-state index is 11.7. The van der Waals surface area contributed by atoms with Crippen molar-refractivity contribution < 1.29 is 9.90 Å². The SMILES string of the molecule is Cc1nc(N2CCC2)[nH]c(=O)c1CC(=O)O. The Bertz CT molecular complexity index is 477. The van der Waals surface area contributed by atoms with Gasteiger partial charge in [-0.2, -0.15) is 0 Å². The third kappa shape index (κ3) is 1.91. The Kier molecular flexibility index (Phi) is 2.64. The second kappa shape index (κ2) is 3.96. The van der Waals surface area contributed by atoms with Crippen molar-refractivity contribution >= 4 is 11.9 Å². The molecule has 6 nitrogen and oxygen atoms in total. The van der Waals surface area contributed by atoms with Gasteiger partial charge < -0.3 is 10.0 Å². The number of hydrogen-bond donors (Lipinski definition) is 2. The molecule has 0 aliphatic carbocycles. The predicted molar refractivity (Wildman–Crippen MR) is 57.8 cm³/mol. The maximum atomic E-state index is 11.7. The molecule has 0 unspecified atom stereocenters. The van der Waals surface area contributed by atoms with Crippen LogP contribution in [-0.2, 0) is 11.2 Å². The van der Waals surface area contributed by atoms with Gasteiger partial charge in [-0.1, -0.05) is 0 Å². The zero-order valence-corrected chi connectivity index (χ0v) is 8.99. The van der Waals surface area contributed by atoms with Gasteiger partial charge in [0.1, 0.15) is 0 Å². The van der Waals surface area contributed by atoms with E-state index in [-0.39, 0.29) is 17.5 Å². The van der Waals surface area contributed by atoms with Crippen LogP contribution in [0.5, 0.6) is 0 Å². The Morgan fingerprint density at radius 3 is 2.69 bits per heavy atom. The fourth-order valence-electron chi connectivity index (χ4n) is 1.63. The van der Waals surface area contributed by atoms with Crippen molar-refractivity contribution in [3.8, 4) is 0 Å². The molecule has 0 radical (unpaired) electrons. The minimum atomic E-state index is -1.02. The van der Waals surface area contributed by atoms with Crippen molar-refractivity contribution in [2.75, 3.05) is 18.0 Å². The fourth-order valence-corrected chi connectivity index (χ4v) is 1.63. The van der Waals surface area contributed by atoms with Crippen LogP contribution >= 0.6 is 0 Å². The fraction of sp³-hybridized carbons (Fsp3) is 0.500. The summed E-state index contributed by atoms with van der Waals surface area (Å²) in [6.07, 6.45) is 0.814. The van der Waals surface area contributed by atoms with Crippen LogP contribution in [-0.4, -0.2) is 34.1 Å². The summed E-state index contributed by atoms with van der Waals surface area (Å²) in [5.41, 5.74) is 0.377. The Morgan fingerprint density at radius 1 is 1.56 bits per heavy atom. The third-order valence-corrected chi connectivity index (χ3v) is 2.69. The minimum absolute atomic E-state index is 0.233. The molecule has 0 aromatic carbocycles. The van der Waals surface area contributed by atoms with Gasteiger partial charge in [0.25, 0.3) is 5.56 Å². The van der Waals surface area contributed by atoms with Crippen LogP contribution in [0.25, 0.3) is 0 Å². The molecule has 1 aromatic heterocycles. The van der Waals surface area contributed by atoms with Crippen LogP contribution in [0.15, 0.2) is 4.79 Å². The summed E-state index contributed by atoms with van der Waals surface area (Å²) in [5, 5.41) is 8.66. The molecular formula is C10H13N3O3. The molecule has 0 spiro atoms. The van der Waals surface area contributed by atoms with Gasteiger partial charge in [-0.3, -0.25) is 14.6 Å². The second-order valence-corrected chi connectivity index (χ2v) is 3.86. The zero-order valence-electron chi connectivity index (χ0n) is 8.99. The highest BCUT2D eigenvalue weighted by Crippen LogP contribution is 2.15. The molecule has 0 saturated carbocycles. The Hall–Kier alpha value is -1.85. The van der Waals surface area contributed by atoms with Crippen molar-refractivity contribution in [3.63, 3.8) is 0 Å². The minimum Gasteiger partial charge on any atom is -0.481 e. The van der Waals surface area contributed by atoms with E-state index in [1.165, 1.54) is 0 Å². The first-order chi connectivity index (χ1) is 7.58. The number of hydrogen-bond acceptors (Lipinski definition) is 4. The number of rotatable bonds is 3. The smallest absolute Gasteiger partial charge is 0.308 e. The number of carboxylic acid groups (broad SMARTS) is 1. The van der Waals surface area contributed by atoms with Crippen molar-refractivity contribution in [1.29, 1.82) is 0 Å². The molecule has 2 rings (SSSR count). The number of aromatic amines is 1. The molecule has 1 aliphatic rings. The largest absolute Gasteiger partial charge is 0.481 e. The molecule has 0 atom stereocenters. The van der Waals surface area contributed by atoms with Gasteiger partial charge in [0.05, 0.1) is 12.1 Å². The van der Waals surface area contributed by atoms with Gasteiger partial charge in [-0.15, -0.1) is 0 Å². The molecular weight excluding hydrogens is 210 g/mol. The van der Waals surface area contributed by atoms with E-state index < -0.39 is 5.97 Å². The van der Waals surface area contributed by atoms with E-state index in [4.69, 9.17) is 5.11 Å². The highest BCUT2D eigenvalue weighted by Gasteiger charge is 2.19. The average Bonchev–Trinajstić information content (AvgIpc) is 2.08. The number of nitrogens with zero attached hydrogens (tertiary/aromatic N) is 2. The molecule has 1 aromatic rings. The van der Waals surface area contributed by atoms with E-state index >= 15 is 0 Å². The molecule has 2 heterocycles. The molecule has 1 fully saturated rings. The Morgan fingerprint density at radius 2 is 2.25 bits per heavy atom. The third-order valence-electron chi connectivity index (χ3n) is 2.69. The molecule has 0 bridgehead atoms. The number of aliphatic carboxylic acids is 1. The lowest BCUT2D eigenvalue weighted by Gasteiger charge is -2.31. The lowest BCUT2D eigenvalue weighted by Crippen LogP contribution is -2.40. The highest BCUT2D eigenvalue weighted by molar-refractivity contribution is 5.70. The van der Waals surface area contributed by atoms with Crippen molar-refractivity contribution in [3.05, 3.63) is 21.6 Å². The molecule has 16 heavy (non-hydrogen) atoms. The molecule has 6 heteroatoms. The normalized spacial score (nSPS) is 14.7. The van der Waals surface area contributed by atoms with Gasteiger partial charge in [0.2, 0.25) is 5.95 Å². The number of aromatic nitrogens is 2. The van der Waals surface area contributed by atoms with E-state index in [9.17, 15) is 9.59 Å². The monoisotopic (exact) mass is 223 g/mol. The summed E-state index contributed by atoms with van der Waals surface area (Å²) in [6.45, 7) is 3.44. The number of carbonyl (C=O) groups is 1. The lowest BCUT2D eigenvalue weighted by molar-refractivity contribution is -0.136. The summed E-state index contributed by atoms with van der Waals surface area (Å²) in [7, 11) is 0. The van der Waals surface area contributed by atoms with Crippen molar-refractivity contribution in [2.45, 2.75) is 19.8 Å². The van der Waals surface area contributed by atoms with Gasteiger partial charge in [-0.25, -0.2) is 4.98 Å². The van der Waals surface area contributed by atoms with Crippen molar-refractivity contribution in [2.24, 2.45) is 0 Å². The van der Waals surface area contributed by atoms with Crippen molar-refractivity contribution in [1.82, 2.24) is 9.97 Å². The second-order valence-electron chi connectivity index (χ2n) is 3.86. The van der Waals surface area contributed by atoms with Crippen LogP contribution in [0.4, 0.5) is 5.95 Å². The standard InChI is InChI=1S/C10H13N3O3/c1-6-7(5-8(14)15)9(16)12-10(11-6)13-3-2-4-13/h2-5H2,1H3,(H,14,15)(H,11,12,16).